The van der Waals surface area contributed by atoms with E-state index in [-0.39, 0.29) is 36.7 Å². The molecule has 0 saturated heterocycles. The monoisotopic (exact) mass is 992 g/mol. The van der Waals surface area contributed by atoms with Gasteiger partial charge in [-0.2, -0.15) is 0 Å². The molecule has 0 spiro atoms. The van der Waals surface area contributed by atoms with E-state index in [2.05, 4.69) is 83.7 Å². The molecule has 0 amide bonds. The smallest absolute Gasteiger partial charge is 0.161 e. The summed E-state index contributed by atoms with van der Waals surface area (Å²) in [5, 5.41) is 61.5. The predicted molar refractivity (Wildman–Crippen MR) is 285 cm³/mol. The summed E-state index contributed by atoms with van der Waals surface area (Å²) >= 11 is 0. The number of aliphatic hydroxyl groups is 2. The fraction of sp³-hybridized carbons (Fsp3) is 0.450. The van der Waals surface area contributed by atoms with Crippen molar-refractivity contribution in [1.29, 1.82) is 0 Å². The van der Waals surface area contributed by atoms with Gasteiger partial charge in [-0.3, -0.25) is 10.3 Å². The Morgan fingerprint density at radius 3 is 2.52 bits per heavy atom. The first-order chi connectivity index (χ1) is 35.3. The first kappa shape index (κ1) is 50.7. The maximum atomic E-state index is 11.8. The lowest BCUT2D eigenvalue weighted by molar-refractivity contribution is -0.129. The predicted octanol–water partition coefficient (Wildman–Crippen LogP) is 6.24. The van der Waals surface area contributed by atoms with Gasteiger partial charge in [0.15, 0.2) is 17.6 Å². The van der Waals surface area contributed by atoms with Gasteiger partial charge in [-0.25, -0.2) is 0 Å². The number of benzene rings is 5. The van der Waals surface area contributed by atoms with E-state index in [0.29, 0.717) is 95.2 Å². The fourth-order valence-electron chi connectivity index (χ4n) is 12.7. The van der Waals surface area contributed by atoms with Gasteiger partial charge in [0.05, 0.1) is 38.0 Å². The summed E-state index contributed by atoms with van der Waals surface area (Å²) in [6.07, 6.45) is 7.46. The molecule has 5 aromatic carbocycles. The highest BCUT2D eigenvalue weighted by Crippen LogP contribution is 2.61. The number of phenols is 2. The molecule has 0 radical (unpaired) electrons. The Morgan fingerprint density at radius 2 is 1.75 bits per heavy atom. The SMILES string of the molecule is CNCO[C@]1(CNCNC[C@@](C)(O)CC(C)C)Cc2c3c(c4c(c2O[C@@H]1c1cc(CCc2ccccc2)c(O)c(OC)c1)CC[C@@H](CO)O4)-c1ccc(O)c2c1[C@@H](C3)[C@@H](c1ccc3c(c1)=CCN=3)C(CNC)=C2. The van der Waals surface area contributed by atoms with Gasteiger partial charge < -0.3 is 55.3 Å². The zero-order valence-corrected chi connectivity index (χ0v) is 43.2. The number of rotatable bonds is 20. The second-order valence-corrected chi connectivity index (χ2v) is 21.5. The Labute approximate surface area is 429 Å². The Hall–Kier alpha value is -5.77. The van der Waals surface area contributed by atoms with Gasteiger partial charge in [-0.05, 0) is 158 Å². The summed E-state index contributed by atoms with van der Waals surface area (Å²) in [5.41, 5.74) is 10.1. The molecule has 0 aromatic heterocycles. The van der Waals surface area contributed by atoms with Gasteiger partial charge in [0.1, 0.15) is 29.0 Å². The first-order valence-corrected chi connectivity index (χ1v) is 26.2. The minimum absolute atomic E-state index is 0.0345. The molecule has 5 aliphatic rings. The molecule has 0 bridgehead atoms. The van der Waals surface area contributed by atoms with E-state index in [1.165, 1.54) is 11.1 Å². The molecule has 2 aliphatic carbocycles. The van der Waals surface area contributed by atoms with E-state index in [9.17, 15) is 20.4 Å². The molecule has 3 heterocycles. The van der Waals surface area contributed by atoms with E-state index in [4.69, 9.17) is 23.9 Å². The summed E-state index contributed by atoms with van der Waals surface area (Å²) in [5.74, 6) is 2.38. The normalized spacial score (nSPS) is 22.0. The second kappa shape index (κ2) is 21.2. The molecule has 73 heavy (non-hydrogen) atoms. The number of ether oxygens (including phenoxy) is 4. The number of nitrogens with one attached hydrogen (secondary N) is 4. The number of methoxy groups -OCH3 is 1. The molecule has 3 aliphatic heterocycles. The van der Waals surface area contributed by atoms with E-state index in [1.807, 2.05) is 57.4 Å². The molecule has 13 heteroatoms. The van der Waals surface area contributed by atoms with E-state index in [0.717, 1.165) is 72.0 Å². The maximum absolute atomic E-state index is 11.8. The molecular weight excluding hydrogens is 919 g/mol. The minimum atomic E-state index is -1.05. The topological polar surface area (TPSA) is 178 Å². The molecule has 10 rings (SSSR count). The van der Waals surface area contributed by atoms with Crippen molar-refractivity contribution in [2.75, 3.05) is 67.4 Å². The number of likely N-dealkylation sites (N-methyl/N-ethyl adjacent to an activating group) is 1. The number of aryl methyl sites for hydroxylation is 2. The van der Waals surface area contributed by atoms with Crippen molar-refractivity contribution in [3.05, 3.63) is 139 Å². The van der Waals surface area contributed by atoms with Crippen molar-refractivity contribution >= 4 is 12.2 Å². The van der Waals surface area contributed by atoms with Crippen LogP contribution in [-0.4, -0.2) is 105 Å². The summed E-state index contributed by atoms with van der Waals surface area (Å²) in [4.78, 5) is 4.72. The van der Waals surface area contributed by atoms with Crippen molar-refractivity contribution in [3.8, 4) is 39.9 Å². The van der Waals surface area contributed by atoms with Crippen LogP contribution >= 0.6 is 0 Å². The van der Waals surface area contributed by atoms with Gasteiger partial charge in [0, 0.05) is 60.9 Å². The van der Waals surface area contributed by atoms with Crippen LogP contribution in [0.25, 0.3) is 23.3 Å². The van der Waals surface area contributed by atoms with E-state index < -0.39 is 23.4 Å². The number of nitrogens with zero attached hydrogens (tertiary/aromatic N) is 1. The largest absolute Gasteiger partial charge is 0.507 e. The van der Waals surface area contributed by atoms with Crippen LogP contribution in [0.2, 0.25) is 0 Å². The van der Waals surface area contributed by atoms with Crippen LogP contribution in [0.5, 0.6) is 28.7 Å². The van der Waals surface area contributed by atoms with Crippen molar-refractivity contribution in [2.45, 2.75) is 101 Å². The highest BCUT2D eigenvalue weighted by molar-refractivity contribution is 5.89. The quantitative estimate of drug-likeness (QED) is 0.0326. The average Bonchev–Trinajstić information content (AvgIpc) is 3.86. The van der Waals surface area contributed by atoms with Gasteiger partial charge in [0.2, 0.25) is 0 Å². The highest BCUT2D eigenvalue weighted by atomic mass is 16.6. The number of fused-ring (bicyclic) bond motifs is 8. The van der Waals surface area contributed by atoms with Gasteiger partial charge in [-0.1, -0.05) is 62.4 Å². The zero-order chi connectivity index (χ0) is 51.0. The lowest BCUT2D eigenvalue weighted by atomic mass is 9.62. The van der Waals surface area contributed by atoms with Crippen LogP contribution in [0.4, 0.5) is 0 Å². The molecule has 5 aromatic rings. The first-order valence-electron chi connectivity index (χ1n) is 26.2. The number of hydrogen-bond donors (Lipinski definition) is 8. The standard InChI is InChI=1S/C60H73N5O8/c1-35(2)27-59(3,69)31-63-33-64-32-60(71-34-62-5)28-48-45-26-47-52(38-14-18-49-37(22-38)20-21-65-49)41(29-61-4)24-46-50(67)19-17-43(53(46)47)54(45)57-44(16-15-42(30-66)72-57)56(48)73-58(60)40-23-39(55(68)51(25-40)70-6)13-12-36-10-8-7-9-11-36/h7-11,14,17-20,22-25,35,42,47,52,58,61-64,66-69H,12-13,15-16,21,26-34H2,1-6H3/t42-,47-,52-,58+,59-,60-/m0/s1. The summed E-state index contributed by atoms with van der Waals surface area (Å²) in [6.45, 7) is 8.64. The molecule has 13 nitrogen and oxygen atoms in total. The molecule has 0 saturated carbocycles. The van der Waals surface area contributed by atoms with Gasteiger partial charge in [0.25, 0.3) is 0 Å². The average molecular weight is 992 g/mol. The summed E-state index contributed by atoms with van der Waals surface area (Å²) < 4.78 is 27.8. The van der Waals surface area contributed by atoms with Crippen LogP contribution in [0.1, 0.15) is 102 Å². The third-order valence-corrected chi connectivity index (χ3v) is 15.7. The van der Waals surface area contributed by atoms with Crippen LogP contribution in [0, 0.1) is 5.92 Å². The molecule has 0 unspecified atom stereocenters. The Morgan fingerprint density at radius 1 is 0.918 bits per heavy atom. The molecule has 6 atom stereocenters. The van der Waals surface area contributed by atoms with Crippen LogP contribution in [0.15, 0.2) is 83.4 Å². The number of aromatic hydroxyl groups is 2. The molecule has 386 valence electrons. The van der Waals surface area contributed by atoms with E-state index in [1.54, 1.807) is 7.11 Å². The number of hydrogen-bond acceptors (Lipinski definition) is 13. The third kappa shape index (κ3) is 9.89. The van der Waals surface area contributed by atoms with Crippen LogP contribution in [-0.2, 0) is 36.8 Å². The van der Waals surface area contributed by atoms with Crippen molar-refractivity contribution < 1.29 is 39.4 Å². The maximum Gasteiger partial charge on any atom is 0.161 e. The Kier molecular flexibility index (Phi) is 14.8. The molecule has 8 N–H and O–H groups in total. The van der Waals surface area contributed by atoms with Gasteiger partial charge >= 0.3 is 0 Å². The lowest BCUT2D eigenvalue weighted by Gasteiger charge is -2.48. The highest BCUT2D eigenvalue weighted by Gasteiger charge is 2.51. The number of phenolic OH excluding ortho intramolecular Hbond substituents is 2. The molecular formula is C60H73N5O8. The fourth-order valence-corrected chi connectivity index (χ4v) is 12.7. The second-order valence-electron chi connectivity index (χ2n) is 21.5. The van der Waals surface area contributed by atoms with Crippen molar-refractivity contribution in [2.24, 2.45) is 10.9 Å². The molecule has 0 fully saturated rings. The summed E-state index contributed by atoms with van der Waals surface area (Å²) in [6, 6.07) is 24.7. The third-order valence-electron chi connectivity index (χ3n) is 15.7. The zero-order valence-electron chi connectivity index (χ0n) is 43.2. The van der Waals surface area contributed by atoms with Crippen LogP contribution in [0.3, 0.4) is 0 Å². The lowest BCUT2D eigenvalue weighted by Crippen LogP contribution is -2.56. The Balaban J connectivity index is 1.16. The van der Waals surface area contributed by atoms with Crippen LogP contribution < -0.4 is 46.1 Å². The van der Waals surface area contributed by atoms with Gasteiger partial charge in [-0.15, -0.1) is 0 Å². The van der Waals surface area contributed by atoms with E-state index >= 15 is 0 Å². The number of aliphatic hydroxyl groups excluding tert-OH is 1. The minimum Gasteiger partial charge on any atom is -0.507 e. The summed E-state index contributed by atoms with van der Waals surface area (Å²) in [7, 11) is 5.42. The Bertz CT molecular complexity index is 3010. The van der Waals surface area contributed by atoms with Crippen molar-refractivity contribution in [3.63, 3.8) is 0 Å². The van der Waals surface area contributed by atoms with Crippen molar-refractivity contribution in [1.82, 2.24) is 21.3 Å².